The summed E-state index contributed by atoms with van der Waals surface area (Å²) in [6.07, 6.45) is 1.54. The van der Waals surface area contributed by atoms with Gasteiger partial charge in [0.25, 0.3) is 5.91 Å². The second kappa shape index (κ2) is 4.79. The minimum absolute atomic E-state index is 0.171. The summed E-state index contributed by atoms with van der Waals surface area (Å²) in [6, 6.07) is 3.74. The van der Waals surface area contributed by atoms with E-state index in [-0.39, 0.29) is 23.7 Å². The molecule has 0 bridgehead atoms. The van der Waals surface area contributed by atoms with E-state index in [1.807, 2.05) is 17.5 Å². The molecule has 7 heteroatoms. The topological polar surface area (TPSA) is 101 Å². The number of thiophene rings is 1. The van der Waals surface area contributed by atoms with Crippen LogP contribution < -0.4 is 11.1 Å². The number of carbonyl (C=O) groups excluding carboxylic acids is 2. The number of nitrogens with one attached hydrogen (secondary N) is 2. The number of hydrogen-bond acceptors (Lipinski definition) is 4. The van der Waals surface area contributed by atoms with Gasteiger partial charge in [-0.2, -0.15) is 5.10 Å². The average Bonchev–Trinajstić information content (AvgIpc) is 2.88. The number of rotatable bonds is 4. The van der Waals surface area contributed by atoms with E-state index in [1.165, 1.54) is 17.5 Å². The van der Waals surface area contributed by atoms with E-state index in [9.17, 15) is 9.59 Å². The molecule has 2 aromatic rings. The van der Waals surface area contributed by atoms with Crippen LogP contribution in [-0.4, -0.2) is 22.0 Å². The first-order chi connectivity index (χ1) is 8.16. The summed E-state index contributed by atoms with van der Waals surface area (Å²) in [5.41, 5.74) is 5.29. The van der Waals surface area contributed by atoms with Crippen molar-refractivity contribution in [2.45, 2.75) is 6.42 Å². The van der Waals surface area contributed by atoms with Crippen LogP contribution in [0.2, 0.25) is 0 Å². The van der Waals surface area contributed by atoms with Gasteiger partial charge in [0.15, 0.2) is 0 Å². The molecule has 2 rings (SSSR count). The van der Waals surface area contributed by atoms with Gasteiger partial charge < -0.3 is 11.1 Å². The van der Waals surface area contributed by atoms with Crippen LogP contribution in [0.5, 0.6) is 0 Å². The molecule has 4 N–H and O–H groups in total. The van der Waals surface area contributed by atoms with Gasteiger partial charge in [-0.3, -0.25) is 14.7 Å². The van der Waals surface area contributed by atoms with Gasteiger partial charge in [-0.15, -0.1) is 11.3 Å². The smallest absolute Gasteiger partial charge is 0.254 e. The van der Waals surface area contributed by atoms with Crippen LogP contribution in [0, 0.1) is 0 Å². The summed E-state index contributed by atoms with van der Waals surface area (Å²) in [7, 11) is 0. The number of aromatic amines is 1. The van der Waals surface area contributed by atoms with Gasteiger partial charge >= 0.3 is 0 Å². The molecule has 0 atom stereocenters. The van der Waals surface area contributed by atoms with Crippen LogP contribution in [0.1, 0.15) is 15.2 Å². The van der Waals surface area contributed by atoms with Gasteiger partial charge in [-0.05, 0) is 11.4 Å². The minimum atomic E-state index is -0.634. The van der Waals surface area contributed by atoms with Gasteiger partial charge in [0.05, 0.1) is 12.6 Å². The van der Waals surface area contributed by atoms with Crippen LogP contribution in [-0.2, 0) is 11.2 Å². The molecule has 0 aliphatic rings. The summed E-state index contributed by atoms with van der Waals surface area (Å²) in [4.78, 5) is 23.6. The summed E-state index contributed by atoms with van der Waals surface area (Å²) < 4.78 is 0. The lowest BCUT2D eigenvalue weighted by Crippen LogP contribution is -2.18. The SMILES string of the molecule is NC(=O)c1cn[nH]c1NC(=O)Cc1cccs1. The number of aromatic nitrogens is 2. The van der Waals surface area contributed by atoms with Gasteiger partial charge in [-0.1, -0.05) is 6.07 Å². The minimum Gasteiger partial charge on any atom is -0.365 e. The van der Waals surface area contributed by atoms with Crippen molar-refractivity contribution < 1.29 is 9.59 Å². The fraction of sp³-hybridized carbons (Fsp3) is 0.100. The van der Waals surface area contributed by atoms with Crippen LogP contribution in [0.3, 0.4) is 0 Å². The van der Waals surface area contributed by atoms with Crippen LogP contribution in [0.25, 0.3) is 0 Å². The van der Waals surface area contributed by atoms with E-state index in [2.05, 4.69) is 15.5 Å². The number of primary amides is 1. The molecule has 2 heterocycles. The number of anilines is 1. The third-order valence-electron chi connectivity index (χ3n) is 2.08. The number of nitrogens with two attached hydrogens (primary N) is 1. The molecule has 2 amide bonds. The van der Waals surface area contributed by atoms with Crippen molar-refractivity contribution in [2.24, 2.45) is 5.73 Å². The molecule has 0 saturated carbocycles. The molecule has 2 aromatic heterocycles. The molecule has 0 aromatic carbocycles. The number of carbonyl (C=O) groups is 2. The second-order valence-electron chi connectivity index (χ2n) is 3.33. The summed E-state index contributed by atoms with van der Waals surface area (Å²) in [6.45, 7) is 0. The monoisotopic (exact) mass is 250 g/mol. The van der Waals surface area contributed by atoms with Crippen molar-refractivity contribution in [3.05, 3.63) is 34.2 Å². The first kappa shape index (κ1) is 11.3. The van der Waals surface area contributed by atoms with Crippen molar-refractivity contribution in [2.75, 3.05) is 5.32 Å². The Hall–Kier alpha value is -2.15. The number of hydrogen-bond donors (Lipinski definition) is 3. The molecule has 0 unspecified atom stereocenters. The third kappa shape index (κ3) is 2.70. The Morgan fingerprint density at radius 1 is 1.53 bits per heavy atom. The zero-order valence-corrected chi connectivity index (χ0v) is 9.58. The highest BCUT2D eigenvalue weighted by Crippen LogP contribution is 2.13. The zero-order valence-electron chi connectivity index (χ0n) is 8.77. The standard InChI is InChI=1S/C10H10N4O2S/c11-9(16)7-5-12-14-10(7)13-8(15)4-6-2-1-3-17-6/h1-3,5H,4H2,(H2,11,16)(H2,12,13,14,15). The van der Waals surface area contributed by atoms with Crippen LogP contribution in [0.15, 0.2) is 23.7 Å². The first-order valence-corrected chi connectivity index (χ1v) is 5.70. The van der Waals surface area contributed by atoms with Crippen molar-refractivity contribution in [1.29, 1.82) is 0 Å². The van der Waals surface area contributed by atoms with E-state index < -0.39 is 5.91 Å². The van der Waals surface area contributed by atoms with E-state index >= 15 is 0 Å². The number of H-pyrrole nitrogens is 1. The molecule has 17 heavy (non-hydrogen) atoms. The lowest BCUT2D eigenvalue weighted by atomic mass is 10.3. The average molecular weight is 250 g/mol. The van der Waals surface area contributed by atoms with E-state index in [1.54, 1.807) is 0 Å². The van der Waals surface area contributed by atoms with Crippen molar-refractivity contribution >= 4 is 29.0 Å². The predicted molar refractivity (Wildman–Crippen MR) is 63.8 cm³/mol. The maximum Gasteiger partial charge on any atom is 0.254 e. The molecule has 0 radical (unpaired) electrons. The highest BCUT2D eigenvalue weighted by Gasteiger charge is 2.13. The summed E-state index contributed by atoms with van der Waals surface area (Å²) in [5, 5.41) is 10.6. The maximum absolute atomic E-state index is 11.6. The Balaban J connectivity index is 2.03. The predicted octanol–water partition coefficient (Wildman–Crippen LogP) is 0.751. The number of amides is 2. The zero-order chi connectivity index (χ0) is 12.3. The van der Waals surface area contributed by atoms with Crippen molar-refractivity contribution in [1.82, 2.24) is 10.2 Å². The highest BCUT2D eigenvalue weighted by atomic mass is 32.1. The maximum atomic E-state index is 11.6. The largest absolute Gasteiger partial charge is 0.365 e. The Bertz CT molecular complexity index is 532. The molecule has 0 aliphatic carbocycles. The molecule has 0 aliphatic heterocycles. The Morgan fingerprint density at radius 3 is 3.00 bits per heavy atom. The Labute approximate surface area is 101 Å². The fourth-order valence-corrected chi connectivity index (χ4v) is 2.03. The summed E-state index contributed by atoms with van der Waals surface area (Å²) in [5.74, 6) is -0.622. The quantitative estimate of drug-likeness (QED) is 0.746. The lowest BCUT2D eigenvalue weighted by molar-refractivity contribution is -0.115. The third-order valence-corrected chi connectivity index (χ3v) is 2.96. The summed E-state index contributed by atoms with van der Waals surface area (Å²) >= 11 is 1.50. The number of nitrogens with zero attached hydrogens (tertiary/aromatic N) is 1. The molecular formula is C10H10N4O2S. The molecule has 88 valence electrons. The van der Waals surface area contributed by atoms with Gasteiger partial charge in [0.1, 0.15) is 11.4 Å². The van der Waals surface area contributed by atoms with E-state index in [4.69, 9.17) is 5.73 Å². The molecule has 0 spiro atoms. The Kier molecular flexibility index (Phi) is 3.20. The van der Waals surface area contributed by atoms with Crippen molar-refractivity contribution in [3.8, 4) is 0 Å². The van der Waals surface area contributed by atoms with Crippen molar-refractivity contribution in [3.63, 3.8) is 0 Å². The highest BCUT2D eigenvalue weighted by molar-refractivity contribution is 7.10. The van der Waals surface area contributed by atoms with Gasteiger partial charge in [0.2, 0.25) is 5.91 Å². The Morgan fingerprint density at radius 2 is 2.35 bits per heavy atom. The normalized spacial score (nSPS) is 10.1. The van der Waals surface area contributed by atoms with Gasteiger partial charge in [-0.25, -0.2) is 0 Å². The van der Waals surface area contributed by atoms with Crippen LogP contribution >= 0.6 is 11.3 Å². The molecule has 6 nitrogen and oxygen atoms in total. The lowest BCUT2D eigenvalue weighted by Gasteiger charge is -2.02. The fourth-order valence-electron chi connectivity index (χ4n) is 1.32. The van der Waals surface area contributed by atoms with Crippen LogP contribution in [0.4, 0.5) is 5.82 Å². The van der Waals surface area contributed by atoms with Gasteiger partial charge in [0, 0.05) is 4.88 Å². The second-order valence-corrected chi connectivity index (χ2v) is 4.36. The molecule has 0 saturated heterocycles. The van der Waals surface area contributed by atoms with E-state index in [0.29, 0.717) is 0 Å². The van der Waals surface area contributed by atoms with E-state index in [0.717, 1.165) is 4.88 Å². The molecular weight excluding hydrogens is 240 g/mol. The molecule has 0 fully saturated rings. The first-order valence-electron chi connectivity index (χ1n) is 4.82.